The number of hydrogen-bond donors (Lipinski definition) is 2. The van der Waals surface area contributed by atoms with Crippen molar-refractivity contribution in [2.75, 3.05) is 33.3 Å². The molecule has 3 rings (SSSR count). The van der Waals surface area contributed by atoms with E-state index in [1.165, 1.54) is 12.8 Å². The summed E-state index contributed by atoms with van der Waals surface area (Å²) in [5.41, 5.74) is -0.498. The lowest BCUT2D eigenvalue weighted by atomic mass is 9.80. The fourth-order valence-corrected chi connectivity index (χ4v) is 3.13. The SMILES string of the molecule is CN=C(NCC1(O)CCC1)N1CCC(OCC2CC2)CC1. The number of hydrogen-bond acceptors (Lipinski definition) is 3. The second-order valence-corrected chi connectivity index (χ2v) is 6.94. The summed E-state index contributed by atoms with van der Waals surface area (Å²) in [5, 5.41) is 13.5. The first-order chi connectivity index (χ1) is 10.2. The molecule has 1 aliphatic heterocycles. The van der Waals surface area contributed by atoms with Gasteiger partial charge in [0, 0.05) is 33.3 Å². The number of piperidine rings is 1. The number of nitrogens with zero attached hydrogens (tertiary/aromatic N) is 2. The predicted octanol–water partition coefficient (Wildman–Crippen LogP) is 1.37. The molecule has 3 fully saturated rings. The second-order valence-electron chi connectivity index (χ2n) is 6.94. The maximum absolute atomic E-state index is 10.2. The van der Waals surface area contributed by atoms with Crippen molar-refractivity contribution in [2.24, 2.45) is 10.9 Å². The molecule has 0 spiro atoms. The smallest absolute Gasteiger partial charge is 0.193 e. The van der Waals surface area contributed by atoms with Gasteiger partial charge in [0.2, 0.25) is 0 Å². The minimum absolute atomic E-state index is 0.427. The standard InChI is InChI=1S/C16H29N3O2/c1-17-15(18-12-16(20)7-2-8-16)19-9-5-14(6-10-19)21-11-13-3-4-13/h13-14,20H,2-12H2,1H3,(H,17,18). The molecule has 0 aromatic heterocycles. The summed E-state index contributed by atoms with van der Waals surface area (Å²) in [6.07, 6.45) is 8.27. The van der Waals surface area contributed by atoms with E-state index in [-0.39, 0.29) is 0 Å². The molecule has 0 amide bonds. The van der Waals surface area contributed by atoms with Crippen molar-refractivity contribution in [2.45, 2.75) is 56.7 Å². The molecule has 0 bridgehead atoms. The van der Waals surface area contributed by atoms with Crippen molar-refractivity contribution in [1.29, 1.82) is 0 Å². The van der Waals surface area contributed by atoms with E-state index in [2.05, 4.69) is 15.2 Å². The first kappa shape index (κ1) is 15.1. The molecule has 2 aliphatic carbocycles. The van der Waals surface area contributed by atoms with Crippen LogP contribution in [0.4, 0.5) is 0 Å². The first-order valence-corrected chi connectivity index (χ1v) is 8.48. The highest BCUT2D eigenvalue weighted by Crippen LogP contribution is 2.31. The van der Waals surface area contributed by atoms with Gasteiger partial charge in [-0.3, -0.25) is 4.99 Å². The van der Waals surface area contributed by atoms with Crippen LogP contribution in [0.25, 0.3) is 0 Å². The van der Waals surface area contributed by atoms with Gasteiger partial charge in [-0.15, -0.1) is 0 Å². The van der Waals surface area contributed by atoms with Crippen molar-refractivity contribution < 1.29 is 9.84 Å². The predicted molar refractivity (Wildman–Crippen MR) is 83.4 cm³/mol. The van der Waals surface area contributed by atoms with E-state index in [0.717, 1.165) is 63.7 Å². The summed E-state index contributed by atoms with van der Waals surface area (Å²) < 4.78 is 5.98. The zero-order valence-electron chi connectivity index (χ0n) is 13.2. The van der Waals surface area contributed by atoms with Gasteiger partial charge >= 0.3 is 0 Å². The van der Waals surface area contributed by atoms with Crippen molar-refractivity contribution in [3.8, 4) is 0 Å². The normalized spacial score (nSPS) is 26.6. The Morgan fingerprint density at radius 3 is 2.52 bits per heavy atom. The van der Waals surface area contributed by atoms with Crippen LogP contribution in [0.1, 0.15) is 44.9 Å². The van der Waals surface area contributed by atoms with Gasteiger partial charge in [0.15, 0.2) is 5.96 Å². The number of ether oxygens (including phenoxy) is 1. The van der Waals surface area contributed by atoms with Crippen LogP contribution in [0.2, 0.25) is 0 Å². The molecule has 1 saturated heterocycles. The van der Waals surface area contributed by atoms with Gasteiger partial charge in [-0.25, -0.2) is 0 Å². The van der Waals surface area contributed by atoms with Crippen LogP contribution < -0.4 is 5.32 Å². The zero-order chi connectivity index (χ0) is 14.7. The van der Waals surface area contributed by atoms with Crippen LogP contribution in [0.3, 0.4) is 0 Å². The summed E-state index contributed by atoms with van der Waals surface area (Å²) in [5.74, 6) is 1.77. The number of aliphatic imine (C=N–C) groups is 1. The van der Waals surface area contributed by atoms with Crippen molar-refractivity contribution >= 4 is 5.96 Å². The summed E-state index contributed by atoms with van der Waals surface area (Å²) in [6.45, 7) is 3.57. The number of guanidine groups is 1. The average Bonchev–Trinajstić information content (AvgIpc) is 3.29. The molecule has 5 nitrogen and oxygen atoms in total. The number of aliphatic hydroxyl groups is 1. The van der Waals surface area contributed by atoms with Crippen molar-refractivity contribution in [3.05, 3.63) is 0 Å². The molecule has 0 radical (unpaired) electrons. The lowest BCUT2D eigenvalue weighted by Crippen LogP contribution is -2.53. The van der Waals surface area contributed by atoms with Gasteiger partial charge in [-0.2, -0.15) is 0 Å². The largest absolute Gasteiger partial charge is 0.388 e. The van der Waals surface area contributed by atoms with Gasteiger partial charge < -0.3 is 20.1 Å². The van der Waals surface area contributed by atoms with E-state index in [0.29, 0.717) is 12.6 Å². The van der Waals surface area contributed by atoms with E-state index in [9.17, 15) is 5.11 Å². The van der Waals surface area contributed by atoms with E-state index in [4.69, 9.17) is 4.74 Å². The first-order valence-electron chi connectivity index (χ1n) is 8.48. The van der Waals surface area contributed by atoms with E-state index < -0.39 is 5.60 Å². The Morgan fingerprint density at radius 2 is 2.00 bits per heavy atom. The Bertz CT molecular complexity index is 370. The van der Waals surface area contributed by atoms with Crippen molar-refractivity contribution in [1.82, 2.24) is 10.2 Å². The lowest BCUT2D eigenvalue weighted by molar-refractivity contribution is -0.0287. The number of nitrogens with one attached hydrogen (secondary N) is 1. The Morgan fingerprint density at radius 1 is 1.29 bits per heavy atom. The van der Waals surface area contributed by atoms with Crippen LogP contribution in [0.5, 0.6) is 0 Å². The molecule has 3 aliphatic rings. The molecular weight excluding hydrogens is 266 g/mol. The molecule has 5 heteroatoms. The van der Waals surface area contributed by atoms with Gasteiger partial charge in [0.1, 0.15) is 0 Å². The monoisotopic (exact) mass is 295 g/mol. The average molecular weight is 295 g/mol. The fourth-order valence-electron chi connectivity index (χ4n) is 3.13. The molecule has 0 unspecified atom stereocenters. The topological polar surface area (TPSA) is 57.1 Å². The molecule has 2 N–H and O–H groups in total. The van der Waals surface area contributed by atoms with Gasteiger partial charge in [0.05, 0.1) is 11.7 Å². The summed E-state index contributed by atoms with van der Waals surface area (Å²) in [7, 11) is 1.82. The molecule has 21 heavy (non-hydrogen) atoms. The highest BCUT2D eigenvalue weighted by atomic mass is 16.5. The quantitative estimate of drug-likeness (QED) is 0.594. The molecule has 120 valence electrons. The third-order valence-corrected chi connectivity index (χ3v) is 5.08. The lowest BCUT2D eigenvalue weighted by Gasteiger charge is -2.39. The summed E-state index contributed by atoms with van der Waals surface area (Å²) in [4.78, 5) is 6.65. The van der Waals surface area contributed by atoms with Crippen LogP contribution in [-0.2, 0) is 4.74 Å². The molecule has 0 aromatic carbocycles. The molecule has 0 atom stereocenters. The highest BCUT2D eigenvalue weighted by Gasteiger charge is 2.35. The molecule has 1 heterocycles. The molecular formula is C16H29N3O2. The summed E-state index contributed by atoms with van der Waals surface area (Å²) >= 11 is 0. The Hall–Kier alpha value is -0.810. The number of rotatable bonds is 5. The third kappa shape index (κ3) is 4.10. The number of likely N-dealkylation sites (tertiary alicyclic amines) is 1. The Kier molecular flexibility index (Phi) is 4.69. The van der Waals surface area contributed by atoms with Crippen LogP contribution in [0.15, 0.2) is 4.99 Å². The second kappa shape index (κ2) is 6.53. The van der Waals surface area contributed by atoms with Crippen molar-refractivity contribution in [3.63, 3.8) is 0 Å². The van der Waals surface area contributed by atoms with Gasteiger partial charge in [-0.05, 0) is 50.9 Å². The minimum atomic E-state index is -0.498. The maximum Gasteiger partial charge on any atom is 0.193 e. The van der Waals surface area contributed by atoms with Crippen LogP contribution in [0, 0.1) is 5.92 Å². The molecule has 0 aromatic rings. The zero-order valence-corrected chi connectivity index (χ0v) is 13.2. The van der Waals surface area contributed by atoms with Crippen LogP contribution in [-0.4, -0.2) is 61.0 Å². The maximum atomic E-state index is 10.2. The Balaban J connectivity index is 1.38. The Labute approximate surface area is 127 Å². The van der Waals surface area contributed by atoms with E-state index in [1.54, 1.807) is 0 Å². The highest BCUT2D eigenvalue weighted by molar-refractivity contribution is 5.80. The van der Waals surface area contributed by atoms with Crippen LogP contribution >= 0.6 is 0 Å². The van der Waals surface area contributed by atoms with Gasteiger partial charge in [-0.1, -0.05) is 0 Å². The third-order valence-electron chi connectivity index (χ3n) is 5.08. The fraction of sp³-hybridized carbons (Fsp3) is 0.938. The van der Waals surface area contributed by atoms with E-state index in [1.807, 2.05) is 7.05 Å². The molecule has 2 saturated carbocycles. The van der Waals surface area contributed by atoms with Gasteiger partial charge in [0.25, 0.3) is 0 Å². The summed E-state index contributed by atoms with van der Waals surface area (Å²) in [6, 6.07) is 0. The minimum Gasteiger partial charge on any atom is -0.388 e. The van der Waals surface area contributed by atoms with E-state index >= 15 is 0 Å².